The molecule has 3 rings (SSSR count). The van der Waals surface area contributed by atoms with Gasteiger partial charge in [-0.2, -0.15) is 0 Å². The molecular weight excluding hydrogens is 320 g/mol. The highest BCUT2D eigenvalue weighted by Gasteiger charge is 2.08. The van der Waals surface area contributed by atoms with Crippen LogP contribution in [-0.4, -0.2) is 11.0 Å². The Hall–Kier alpha value is -2.80. The molecule has 0 bridgehead atoms. The highest BCUT2D eigenvalue weighted by Crippen LogP contribution is 2.25. The lowest BCUT2D eigenvalue weighted by molar-refractivity contribution is 0.262. The zero-order chi connectivity index (χ0) is 16.2. The topological polar surface area (TPSA) is 54.0 Å². The summed E-state index contributed by atoms with van der Waals surface area (Å²) in [4.78, 5) is 16.1. The summed E-state index contributed by atoms with van der Waals surface area (Å²) >= 11 is 1.25. The molecule has 1 aromatic heterocycles. The normalized spacial score (nSPS) is 10.3. The Labute approximate surface area is 134 Å². The molecule has 7 heteroatoms. The van der Waals surface area contributed by atoms with E-state index >= 15 is 0 Å². The second-order valence-electron chi connectivity index (χ2n) is 4.63. The van der Waals surface area contributed by atoms with Crippen LogP contribution in [0.5, 0.6) is 0 Å². The van der Waals surface area contributed by atoms with Gasteiger partial charge < -0.3 is 5.32 Å². The zero-order valence-corrected chi connectivity index (χ0v) is 12.5. The molecule has 23 heavy (non-hydrogen) atoms. The van der Waals surface area contributed by atoms with Crippen LogP contribution in [0.2, 0.25) is 0 Å². The van der Waals surface area contributed by atoms with Gasteiger partial charge in [0.1, 0.15) is 11.6 Å². The Morgan fingerprint density at radius 2 is 1.52 bits per heavy atom. The fourth-order valence-corrected chi connectivity index (χ4v) is 2.59. The van der Waals surface area contributed by atoms with Gasteiger partial charge in [-0.05, 0) is 48.5 Å². The average molecular weight is 331 g/mol. The minimum absolute atomic E-state index is 0.319. The first kappa shape index (κ1) is 15.1. The molecule has 0 aliphatic carbocycles. The number of hydrogen-bond donors (Lipinski definition) is 2. The Morgan fingerprint density at radius 3 is 2.17 bits per heavy atom. The maximum Gasteiger partial charge on any atom is 0.325 e. The number of halogens is 2. The van der Waals surface area contributed by atoms with E-state index in [4.69, 9.17) is 0 Å². The summed E-state index contributed by atoms with van der Waals surface area (Å²) in [5, 5.41) is 7.34. The molecule has 4 nitrogen and oxygen atoms in total. The third-order valence-electron chi connectivity index (χ3n) is 2.97. The molecular formula is C16H11F2N3OS. The fraction of sp³-hybridized carbons (Fsp3) is 0. The number of carbonyl (C=O) groups is 1. The number of rotatable bonds is 3. The highest BCUT2D eigenvalue weighted by atomic mass is 32.1. The van der Waals surface area contributed by atoms with Gasteiger partial charge in [-0.15, -0.1) is 11.3 Å². The number of aromatic nitrogens is 1. The highest BCUT2D eigenvalue weighted by molar-refractivity contribution is 7.14. The monoisotopic (exact) mass is 331 g/mol. The van der Waals surface area contributed by atoms with E-state index in [9.17, 15) is 13.6 Å². The molecule has 0 unspecified atom stereocenters. The molecule has 0 saturated carbocycles. The van der Waals surface area contributed by atoms with Crippen LogP contribution in [0.1, 0.15) is 0 Å². The second-order valence-corrected chi connectivity index (χ2v) is 5.49. The third kappa shape index (κ3) is 3.89. The lowest BCUT2D eigenvalue weighted by atomic mass is 10.2. The van der Waals surface area contributed by atoms with Gasteiger partial charge in [-0.3, -0.25) is 5.32 Å². The van der Waals surface area contributed by atoms with E-state index in [1.54, 1.807) is 17.5 Å². The standard InChI is InChI=1S/C16H11F2N3OS/c17-11-3-1-10(2-4-11)14-9-23-16(20-14)21-15(22)19-13-7-5-12(18)6-8-13/h1-9H,(H2,19,20,21,22). The van der Waals surface area contributed by atoms with E-state index in [0.717, 1.165) is 5.56 Å². The van der Waals surface area contributed by atoms with Gasteiger partial charge in [0.2, 0.25) is 0 Å². The van der Waals surface area contributed by atoms with Gasteiger partial charge in [0.15, 0.2) is 5.13 Å². The van der Waals surface area contributed by atoms with Crippen LogP contribution in [0.4, 0.5) is 24.4 Å². The summed E-state index contributed by atoms with van der Waals surface area (Å²) in [6.45, 7) is 0. The van der Waals surface area contributed by atoms with Crippen molar-refractivity contribution in [3.63, 3.8) is 0 Å². The first-order valence-corrected chi connectivity index (χ1v) is 7.53. The second kappa shape index (κ2) is 6.53. The average Bonchev–Trinajstić information content (AvgIpc) is 2.98. The summed E-state index contributed by atoms with van der Waals surface area (Å²) < 4.78 is 25.7. The molecule has 0 atom stereocenters. The summed E-state index contributed by atoms with van der Waals surface area (Å²) in [5.74, 6) is -0.694. The maximum absolute atomic E-state index is 12.9. The van der Waals surface area contributed by atoms with E-state index < -0.39 is 6.03 Å². The first-order valence-electron chi connectivity index (χ1n) is 6.65. The Kier molecular flexibility index (Phi) is 4.29. The van der Waals surface area contributed by atoms with Gasteiger partial charge in [0, 0.05) is 16.6 Å². The van der Waals surface area contributed by atoms with Crippen molar-refractivity contribution < 1.29 is 13.6 Å². The minimum atomic E-state index is -0.475. The van der Waals surface area contributed by atoms with Crippen molar-refractivity contribution in [2.24, 2.45) is 0 Å². The number of nitrogens with zero attached hydrogens (tertiary/aromatic N) is 1. The largest absolute Gasteiger partial charge is 0.325 e. The molecule has 0 spiro atoms. The van der Waals surface area contributed by atoms with Crippen LogP contribution in [0.15, 0.2) is 53.9 Å². The van der Waals surface area contributed by atoms with E-state index in [-0.39, 0.29) is 11.6 Å². The molecule has 1 heterocycles. The van der Waals surface area contributed by atoms with E-state index in [1.807, 2.05) is 0 Å². The van der Waals surface area contributed by atoms with Crippen molar-refractivity contribution in [1.82, 2.24) is 4.98 Å². The number of benzene rings is 2. The van der Waals surface area contributed by atoms with E-state index in [2.05, 4.69) is 15.6 Å². The number of thiazole rings is 1. The van der Waals surface area contributed by atoms with E-state index in [1.165, 1.54) is 47.7 Å². The molecule has 0 aliphatic rings. The van der Waals surface area contributed by atoms with Crippen LogP contribution in [0.25, 0.3) is 11.3 Å². The van der Waals surface area contributed by atoms with E-state index in [0.29, 0.717) is 16.5 Å². The minimum Gasteiger partial charge on any atom is -0.308 e. The number of nitrogens with one attached hydrogen (secondary N) is 2. The predicted molar refractivity (Wildman–Crippen MR) is 86.5 cm³/mol. The third-order valence-corrected chi connectivity index (χ3v) is 3.72. The molecule has 0 saturated heterocycles. The lowest BCUT2D eigenvalue weighted by Gasteiger charge is -2.04. The lowest BCUT2D eigenvalue weighted by Crippen LogP contribution is -2.19. The van der Waals surface area contributed by atoms with Crippen LogP contribution in [-0.2, 0) is 0 Å². The molecule has 3 aromatic rings. The number of carbonyl (C=O) groups excluding carboxylic acids is 1. The number of urea groups is 1. The van der Waals surface area contributed by atoms with Crippen LogP contribution < -0.4 is 10.6 Å². The predicted octanol–water partition coefficient (Wildman–Crippen LogP) is 4.73. The van der Waals surface area contributed by atoms with Gasteiger partial charge in [-0.25, -0.2) is 18.6 Å². The van der Waals surface area contributed by atoms with Crippen LogP contribution in [0.3, 0.4) is 0 Å². The summed E-state index contributed by atoms with van der Waals surface area (Å²) in [5.41, 5.74) is 1.88. The van der Waals surface area contributed by atoms with Crippen molar-refractivity contribution in [2.75, 3.05) is 10.6 Å². The van der Waals surface area contributed by atoms with Gasteiger partial charge in [-0.1, -0.05) is 0 Å². The maximum atomic E-state index is 12.9. The number of hydrogen-bond acceptors (Lipinski definition) is 3. The molecule has 0 aliphatic heterocycles. The van der Waals surface area contributed by atoms with Crippen LogP contribution >= 0.6 is 11.3 Å². The molecule has 2 N–H and O–H groups in total. The molecule has 2 amide bonds. The van der Waals surface area contributed by atoms with Gasteiger partial charge in [0.05, 0.1) is 5.69 Å². The number of anilines is 2. The summed E-state index contributed by atoms with van der Waals surface area (Å²) in [7, 11) is 0. The van der Waals surface area contributed by atoms with Gasteiger partial charge in [0.25, 0.3) is 0 Å². The van der Waals surface area contributed by atoms with Crippen LogP contribution in [0, 0.1) is 11.6 Å². The van der Waals surface area contributed by atoms with Crippen molar-refractivity contribution in [3.05, 3.63) is 65.5 Å². The van der Waals surface area contributed by atoms with Crippen molar-refractivity contribution >= 4 is 28.2 Å². The first-order chi connectivity index (χ1) is 11.1. The molecule has 2 aromatic carbocycles. The van der Waals surface area contributed by atoms with Crippen molar-refractivity contribution in [3.8, 4) is 11.3 Å². The van der Waals surface area contributed by atoms with Gasteiger partial charge >= 0.3 is 6.03 Å². The SMILES string of the molecule is O=C(Nc1ccc(F)cc1)Nc1nc(-c2ccc(F)cc2)cs1. The summed E-state index contributed by atoms with van der Waals surface area (Å²) in [6, 6.07) is 10.9. The Balaban J connectivity index is 1.65. The van der Waals surface area contributed by atoms with Crippen molar-refractivity contribution in [2.45, 2.75) is 0 Å². The smallest absolute Gasteiger partial charge is 0.308 e. The van der Waals surface area contributed by atoms with Crippen molar-refractivity contribution in [1.29, 1.82) is 0 Å². The quantitative estimate of drug-likeness (QED) is 0.729. The number of amides is 2. The summed E-state index contributed by atoms with van der Waals surface area (Å²) in [6.07, 6.45) is 0. The Bertz CT molecular complexity index is 816. The molecule has 116 valence electrons. The molecule has 0 fully saturated rings. The fourth-order valence-electron chi connectivity index (χ4n) is 1.88. The zero-order valence-electron chi connectivity index (χ0n) is 11.7. The Morgan fingerprint density at radius 1 is 0.913 bits per heavy atom. The molecule has 0 radical (unpaired) electrons.